The molecule has 1 atom stereocenters. The molecule has 184 valence electrons. The first-order valence-corrected chi connectivity index (χ1v) is 12.1. The highest BCUT2D eigenvalue weighted by Gasteiger charge is 2.26. The van der Waals surface area contributed by atoms with Gasteiger partial charge in [-0.05, 0) is 36.6 Å². The van der Waals surface area contributed by atoms with Crippen LogP contribution in [0.15, 0.2) is 47.6 Å². The van der Waals surface area contributed by atoms with Crippen molar-refractivity contribution in [1.82, 2.24) is 20.1 Å². The summed E-state index contributed by atoms with van der Waals surface area (Å²) in [4.78, 5) is 35.7. The molecule has 0 aliphatic heterocycles. The minimum absolute atomic E-state index is 0.0482. The smallest absolute Gasteiger partial charge is 0.270 e. The minimum atomic E-state index is -0.549. The lowest BCUT2D eigenvalue weighted by molar-refractivity contribution is -0.384. The van der Waals surface area contributed by atoms with Gasteiger partial charge < -0.3 is 15.2 Å². The summed E-state index contributed by atoms with van der Waals surface area (Å²) in [6.07, 6.45) is 0. The van der Waals surface area contributed by atoms with E-state index in [-0.39, 0.29) is 28.8 Å². The number of carbonyl (C=O) groups is 2. The number of anilines is 1. The van der Waals surface area contributed by atoms with Crippen LogP contribution in [0.25, 0.3) is 0 Å². The number of nitrogens with one attached hydrogen (secondary N) is 2. The monoisotopic (exact) mass is 516 g/mol. The van der Waals surface area contributed by atoms with Crippen molar-refractivity contribution in [2.24, 2.45) is 13.0 Å². The molecule has 0 bridgehead atoms. The summed E-state index contributed by atoms with van der Waals surface area (Å²) >= 11 is 7.32. The summed E-state index contributed by atoms with van der Waals surface area (Å²) in [5, 5.41) is 26.2. The number of rotatable bonds is 9. The number of halogens is 1. The van der Waals surface area contributed by atoms with Crippen molar-refractivity contribution in [3.63, 3.8) is 0 Å². The summed E-state index contributed by atoms with van der Waals surface area (Å²) in [5.41, 5.74) is 1.54. The Balaban J connectivity index is 1.68. The summed E-state index contributed by atoms with van der Waals surface area (Å²) in [6.45, 7) is 5.71. The number of hydrogen-bond acceptors (Lipinski definition) is 7. The molecule has 3 rings (SSSR count). The van der Waals surface area contributed by atoms with Crippen LogP contribution in [-0.2, 0) is 11.8 Å². The second-order valence-corrected chi connectivity index (χ2v) is 9.55. The second-order valence-electron chi connectivity index (χ2n) is 8.20. The maximum absolute atomic E-state index is 12.8. The Morgan fingerprint density at radius 2 is 1.94 bits per heavy atom. The van der Waals surface area contributed by atoms with Crippen LogP contribution in [-0.4, -0.2) is 37.3 Å². The van der Waals surface area contributed by atoms with Gasteiger partial charge in [-0.2, -0.15) is 0 Å². The van der Waals surface area contributed by atoms with Gasteiger partial charge in [0.1, 0.15) is 0 Å². The van der Waals surface area contributed by atoms with Gasteiger partial charge in [0, 0.05) is 35.5 Å². The fourth-order valence-electron chi connectivity index (χ4n) is 3.24. The zero-order chi connectivity index (χ0) is 25.7. The van der Waals surface area contributed by atoms with Crippen molar-refractivity contribution < 1.29 is 14.5 Å². The van der Waals surface area contributed by atoms with E-state index >= 15 is 0 Å². The van der Waals surface area contributed by atoms with Crippen LogP contribution in [0.5, 0.6) is 0 Å². The highest BCUT2D eigenvalue weighted by molar-refractivity contribution is 7.99. The maximum atomic E-state index is 12.8. The molecule has 2 aromatic carbocycles. The molecular formula is C23H25ClN6O4S. The van der Waals surface area contributed by atoms with Gasteiger partial charge in [0.2, 0.25) is 5.91 Å². The van der Waals surface area contributed by atoms with E-state index in [1.807, 2.05) is 26.8 Å². The van der Waals surface area contributed by atoms with Crippen molar-refractivity contribution in [2.75, 3.05) is 11.1 Å². The molecule has 0 aliphatic rings. The van der Waals surface area contributed by atoms with E-state index in [0.29, 0.717) is 21.7 Å². The highest BCUT2D eigenvalue weighted by Crippen LogP contribution is 2.25. The van der Waals surface area contributed by atoms with Gasteiger partial charge in [-0.25, -0.2) is 0 Å². The minimum Gasteiger partial charge on any atom is -0.342 e. The van der Waals surface area contributed by atoms with Crippen molar-refractivity contribution >= 4 is 46.6 Å². The van der Waals surface area contributed by atoms with E-state index in [9.17, 15) is 19.7 Å². The fourth-order valence-corrected chi connectivity index (χ4v) is 4.13. The maximum Gasteiger partial charge on any atom is 0.270 e. The highest BCUT2D eigenvalue weighted by atomic mass is 35.5. The molecule has 0 radical (unpaired) electrons. The van der Waals surface area contributed by atoms with Gasteiger partial charge in [0.15, 0.2) is 11.0 Å². The Hall–Kier alpha value is -3.44. The number of nitrogens with zero attached hydrogens (tertiary/aromatic N) is 4. The molecule has 35 heavy (non-hydrogen) atoms. The molecule has 0 unspecified atom stereocenters. The average molecular weight is 517 g/mol. The topological polar surface area (TPSA) is 132 Å². The van der Waals surface area contributed by atoms with Gasteiger partial charge in [-0.15, -0.1) is 10.2 Å². The normalized spacial score (nSPS) is 11.8. The molecule has 2 amide bonds. The van der Waals surface area contributed by atoms with Gasteiger partial charge in [0.05, 0.1) is 16.7 Å². The van der Waals surface area contributed by atoms with Crippen LogP contribution in [0.3, 0.4) is 0 Å². The standard InChI is InChI=1S/C23H25ClN6O4S/c1-13(2)20(26-22(32)15-6-5-7-17(10-15)30(33)34)21-27-28-23(29(21)4)35-12-19(31)25-16-9-8-14(3)18(24)11-16/h5-11,13,20H,12H2,1-4H3,(H,25,31)(H,26,32)/t20-/m0/s1. The molecule has 10 nitrogen and oxygen atoms in total. The molecule has 0 saturated heterocycles. The van der Waals surface area contributed by atoms with E-state index in [1.54, 1.807) is 23.7 Å². The molecule has 0 fully saturated rings. The Kier molecular flexibility index (Phi) is 8.47. The predicted octanol–water partition coefficient (Wildman–Crippen LogP) is 4.54. The summed E-state index contributed by atoms with van der Waals surface area (Å²) < 4.78 is 1.72. The molecular weight excluding hydrogens is 492 g/mol. The van der Waals surface area contributed by atoms with Gasteiger partial charge in [0.25, 0.3) is 11.6 Å². The SMILES string of the molecule is Cc1ccc(NC(=O)CSc2nnc([C@@H](NC(=O)c3cccc([N+](=O)[O-])c3)C(C)C)n2C)cc1Cl. The molecule has 0 saturated carbocycles. The number of amides is 2. The molecule has 0 aliphatic carbocycles. The quantitative estimate of drug-likeness (QED) is 0.242. The summed E-state index contributed by atoms with van der Waals surface area (Å²) in [6, 6.07) is 10.3. The molecule has 3 aromatic rings. The Bertz CT molecular complexity index is 1260. The molecule has 1 heterocycles. The lowest BCUT2D eigenvalue weighted by Crippen LogP contribution is -2.33. The van der Waals surface area contributed by atoms with E-state index in [4.69, 9.17) is 11.6 Å². The van der Waals surface area contributed by atoms with Crippen LogP contribution >= 0.6 is 23.4 Å². The van der Waals surface area contributed by atoms with E-state index in [0.717, 1.165) is 5.56 Å². The number of nitro groups is 1. The number of hydrogen-bond donors (Lipinski definition) is 2. The van der Waals surface area contributed by atoms with E-state index < -0.39 is 16.9 Å². The molecule has 0 spiro atoms. The van der Waals surface area contributed by atoms with Crippen LogP contribution in [0, 0.1) is 23.0 Å². The average Bonchev–Trinajstić information content (AvgIpc) is 3.18. The van der Waals surface area contributed by atoms with Gasteiger partial charge >= 0.3 is 0 Å². The zero-order valence-electron chi connectivity index (χ0n) is 19.6. The summed E-state index contributed by atoms with van der Waals surface area (Å²) in [5.74, 6) is -0.122. The zero-order valence-corrected chi connectivity index (χ0v) is 21.2. The van der Waals surface area contributed by atoms with Crippen LogP contribution < -0.4 is 10.6 Å². The number of aromatic nitrogens is 3. The number of non-ortho nitro benzene ring substituents is 1. The third kappa shape index (κ3) is 6.58. The number of carbonyl (C=O) groups excluding carboxylic acids is 2. The third-order valence-corrected chi connectivity index (χ3v) is 6.63. The largest absolute Gasteiger partial charge is 0.342 e. The summed E-state index contributed by atoms with van der Waals surface area (Å²) in [7, 11) is 1.75. The Morgan fingerprint density at radius 1 is 1.20 bits per heavy atom. The van der Waals surface area contributed by atoms with Crippen molar-refractivity contribution in [3.05, 3.63) is 74.6 Å². The predicted molar refractivity (Wildman–Crippen MR) is 135 cm³/mol. The number of aryl methyl sites for hydroxylation is 1. The first-order chi connectivity index (χ1) is 16.6. The van der Waals surface area contributed by atoms with E-state index in [2.05, 4.69) is 20.8 Å². The first kappa shape index (κ1) is 26.2. The van der Waals surface area contributed by atoms with Gasteiger partial charge in [-0.3, -0.25) is 19.7 Å². The second kappa shape index (κ2) is 11.3. The molecule has 2 N–H and O–H groups in total. The Morgan fingerprint density at radius 3 is 2.60 bits per heavy atom. The van der Waals surface area contributed by atoms with Gasteiger partial charge in [-0.1, -0.05) is 49.3 Å². The van der Waals surface area contributed by atoms with Crippen LogP contribution in [0.2, 0.25) is 5.02 Å². The van der Waals surface area contributed by atoms with Crippen molar-refractivity contribution in [2.45, 2.75) is 32.0 Å². The molecule has 12 heteroatoms. The number of thioether (sulfide) groups is 1. The van der Waals surface area contributed by atoms with E-state index in [1.165, 1.54) is 36.0 Å². The molecule has 1 aromatic heterocycles. The third-order valence-electron chi connectivity index (χ3n) is 5.21. The lowest BCUT2D eigenvalue weighted by atomic mass is 10.0. The number of benzene rings is 2. The van der Waals surface area contributed by atoms with Crippen molar-refractivity contribution in [3.8, 4) is 0 Å². The first-order valence-electron chi connectivity index (χ1n) is 10.7. The van der Waals surface area contributed by atoms with Crippen LogP contribution in [0.1, 0.15) is 41.6 Å². The van der Waals surface area contributed by atoms with Crippen LogP contribution in [0.4, 0.5) is 11.4 Å². The Labute approximate surface area is 211 Å². The van der Waals surface area contributed by atoms with Crippen molar-refractivity contribution in [1.29, 1.82) is 0 Å². The fraction of sp³-hybridized carbons (Fsp3) is 0.304. The number of nitro benzene ring substituents is 1. The lowest BCUT2D eigenvalue weighted by Gasteiger charge is -2.21.